The molecule has 0 aliphatic rings. The van der Waals surface area contributed by atoms with E-state index in [1.807, 2.05) is 0 Å². The molecule has 0 atom stereocenters. The Balaban J connectivity index is 3.11. The van der Waals surface area contributed by atoms with Gasteiger partial charge in [-0.15, -0.1) is 0 Å². The Morgan fingerprint density at radius 2 is 1.36 bits per heavy atom. The summed E-state index contributed by atoms with van der Waals surface area (Å²) in [5.74, 6) is -0.0926. The Bertz CT molecular complexity index is 278. The second-order valence-corrected chi connectivity index (χ2v) is 10.6. The lowest BCUT2D eigenvalue weighted by atomic mass is 10.1. The van der Waals surface area contributed by atoms with E-state index < -0.39 is 0 Å². The monoisotopic (exact) mass is 534 g/mol. The Morgan fingerprint density at radius 3 is 1.91 bits per heavy atom. The molecule has 0 spiro atoms. The molecule has 0 unspecified atom stereocenters. The van der Waals surface area contributed by atoms with E-state index in [1.54, 1.807) is 0 Å². The van der Waals surface area contributed by atoms with E-state index in [0.29, 0.717) is 6.61 Å². The molecule has 0 N–H and O–H groups in total. The Hall–Kier alpha value is 0.670. The Morgan fingerprint density at radius 1 is 0.864 bits per heavy atom. The Kier molecular flexibility index (Phi) is 18.6. The number of carbonyl (C=O) groups is 1. The number of allylic oxidation sites excluding steroid dienone is 2. The third kappa shape index (κ3) is 17.0. The largest absolute Gasteiger partial charge is 0.464 e. The van der Waals surface area contributed by atoms with Gasteiger partial charge in [-0.2, -0.15) is 0 Å². The lowest BCUT2D eigenvalue weighted by molar-refractivity contribution is -0.140. The molecule has 0 radical (unpaired) electrons. The van der Waals surface area contributed by atoms with Gasteiger partial charge in [0.05, 0.1) is 6.61 Å². The maximum absolute atomic E-state index is 11.2. The quantitative estimate of drug-likeness (QED) is 0.0745. The number of esters is 1. The molecule has 0 aromatic heterocycles. The van der Waals surface area contributed by atoms with Crippen molar-refractivity contribution in [3.63, 3.8) is 0 Å². The molecule has 0 heterocycles. The van der Waals surface area contributed by atoms with Crippen LogP contribution in [0.4, 0.5) is 0 Å². The molecule has 0 saturated carbocycles. The topological polar surface area (TPSA) is 26.3 Å². The van der Waals surface area contributed by atoms with E-state index in [9.17, 15) is 4.79 Å². The highest BCUT2D eigenvalue weighted by atomic mass is 127. The molecule has 0 bridgehead atoms. The van der Waals surface area contributed by atoms with Crippen molar-refractivity contribution < 1.29 is 9.53 Å². The van der Waals surface area contributed by atoms with E-state index in [0.717, 1.165) is 6.42 Å². The van der Waals surface area contributed by atoms with Gasteiger partial charge in [-0.05, 0) is 25.7 Å². The normalized spacial score (nSPS) is 11.5. The molecule has 0 aromatic rings. The fraction of sp³-hybridized carbons (Fsp3) is 0.833. The molecular formula is C18H32I2O2. The van der Waals surface area contributed by atoms with Crippen LogP contribution in [0.3, 0.4) is 0 Å². The second kappa shape index (κ2) is 18.0. The van der Waals surface area contributed by atoms with Crippen molar-refractivity contribution in [2.45, 2.75) is 85.9 Å². The van der Waals surface area contributed by atoms with Crippen LogP contribution >= 0.6 is 45.2 Å². The molecule has 0 aromatic carbocycles. The maximum atomic E-state index is 11.2. The molecule has 0 rings (SSSR count). The molecule has 22 heavy (non-hydrogen) atoms. The van der Waals surface area contributed by atoms with Gasteiger partial charge in [0.15, 0.2) is 1.93 Å². The molecule has 0 aliphatic heterocycles. The van der Waals surface area contributed by atoms with Crippen LogP contribution in [0.1, 0.15) is 84.0 Å². The predicted molar refractivity (Wildman–Crippen MR) is 113 cm³/mol. The van der Waals surface area contributed by atoms with Gasteiger partial charge < -0.3 is 4.74 Å². The fourth-order valence-corrected chi connectivity index (χ4v) is 2.58. The number of hydrogen-bond donors (Lipinski definition) is 0. The zero-order valence-electron chi connectivity index (χ0n) is 14.0. The van der Waals surface area contributed by atoms with Crippen LogP contribution in [0.5, 0.6) is 0 Å². The van der Waals surface area contributed by atoms with Crippen molar-refractivity contribution in [1.82, 2.24) is 0 Å². The zero-order chi connectivity index (χ0) is 16.5. The summed E-state index contributed by atoms with van der Waals surface area (Å²) in [6.45, 7) is 2.83. The van der Waals surface area contributed by atoms with E-state index in [1.165, 1.54) is 70.6 Å². The van der Waals surface area contributed by atoms with Crippen LogP contribution in [0.25, 0.3) is 0 Å². The van der Waals surface area contributed by atoms with Crippen molar-refractivity contribution in [3.8, 4) is 0 Å². The van der Waals surface area contributed by atoms with Gasteiger partial charge in [0.2, 0.25) is 0 Å². The average Bonchev–Trinajstić information content (AvgIpc) is 2.50. The molecule has 0 amide bonds. The smallest absolute Gasteiger partial charge is 0.328 e. The number of alkyl halides is 2. The van der Waals surface area contributed by atoms with Crippen LogP contribution in [-0.2, 0) is 9.53 Å². The summed E-state index contributed by atoms with van der Waals surface area (Å²) in [5, 5.41) is 0. The highest BCUT2D eigenvalue weighted by Crippen LogP contribution is 2.13. The average molecular weight is 534 g/mol. The number of halogens is 2. The molecule has 4 heteroatoms. The van der Waals surface area contributed by atoms with E-state index in [4.69, 9.17) is 4.74 Å². The lowest BCUT2D eigenvalue weighted by Gasteiger charge is -2.05. The molecular weight excluding hydrogens is 502 g/mol. The van der Waals surface area contributed by atoms with E-state index >= 15 is 0 Å². The minimum atomic E-state index is -0.0926. The van der Waals surface area contributed by atoms with Gasteiger partial charge in [0.25, 0.3) is 0 Å². The van der Waals surface area contributed by atoms with Crippen molar-refractivity contribution in [3.05, 3.63) is 12.2 Å². The Labute approximate surface area is 164 Å². The molecule has 130 valence electrons. The van der Waals surface area contributed by atoms with Crippen LogP contribution in [-0.4, -0.2) is 14.5 Å². The highest BCUT2D eigenvalue weighted by Gasteiger charge is 2.10. The van der Waals surface area contributed by atoms with Crippen LogP contribution in [0.15, 0.2) is 12.2 Å². The van der Waals surface area contributed by atoms with Gasteiger partial charge in [0.1, 0.15) is 0 Å². The first-order valence-corrected chi connectivity index (χ1v) is 11.3. The lowest BCUT2D eigenvalue weighted by Crippen LogP contribution is -2.11. The summed E-state index contributed by atoms with van der Waals surface area (Å²) in [6, 6.07) is 0. The number of carbonyl (C=O) groups excluding carboxylic acids is 1. The first-order chi connectivity index (χ1) is 10.7. The summed E-state index contributed by atoms with van der Waals surface area (Å²) in [6.07, 6.45) is 20.0. The fourth-order valence-electron chi connectivity index (χ4n) is 2.22. The van der Waals surface area contributed by atoms with Crippen LogP contribution < -0.4 is 0 Å². The summed E-state index contributed by atoms with van der Waals surface area (Å²) in [5.41, 5.74) is 0. The second-order valence-electron chi connectivity index (χ2n) is 5.70. The third-order valence-electron chi connectivity index (χ3n) is 3.58. The third-order valence-corrected chi connectivity index (χ3v) is 4.60. The van der Waals surface area contributed by atoms with Gasteiger partial charge in [0, 0.05) is 0 Å². The molecule has 0 aliphatic carbocycles. The van der Waals surface area contributed by atoms with Crippen LogP contribution in [0.2, 0.25) is 0 Å². The molecule has 2 nitrogen and oxygen atoms in total. The number of unbranched alkanes of at least 4 members (excludes halogenated alkanes) is 10. The SMILES string of the molecule is CCCC/C=C\CCCCCCCCCCOC(=O)C(I)I. The van der Waals surface area contributed by atoms with Gasteiger partial charge in [-0.3, -0.25) is 4.79 Å². The van der Waals surface area contributed by atoms with Crippen LogP contribution in [0, 0.1) is 0 Å². The summed E-state index contributed by atoms with van der Waals surface area (Å²) >= 11 is 4.15. The highest BCUT2D eigenvalue weighted by molar-refractivity contribution is 14.2. The van der Waals surface area contributed by atoms with Crippen molar-refractivity contribution in [2.24, 2.45) is 0 Å². The number of hydrogen-bond acceptors (Lipinski definition) is 2. The van der Waals surface area contributed by atoms with Gasteiger partial charge >= 0.3 is 5.97 Å². The number of rotatable bonds is 15. The maximum Gasteiger partial charge on any atom is 0.328 e. The van der Waals surface area contributed by atoms with Gasteiger partial charge in [-0.1, -0.05) is 116 Å². The van der Waals surface area contributed by atoms with E-state index in [2.05, 4.69) is 64.3 Å². The van der Waals surface area contributed by atoms with Crippen molar-refractivity contribution in [1.29, 1.82) is 0 Å². The van der Waals surface area contributed by atoms with Crippen molar-refractivity contribution in [2.75, 3.05) is 6.61 Å². The zero-order valence-corrected chi connectivity index (χ0v) is 18.3. The predicted octanol–water partition coefficient (Wildman–Crippen LogP) is 6.98. The molecule has 0 saturated heterocycles. The van der Waals surface area contributed by atoms with E-state index in [-0.39, 0.29) is 7.90 Å². The van der Waals surface area contributed by atoms with Gasteiger partial charge in [-0.25, -0.2) is 0 Å². The first kappa shape index (κ1) is 22.7. The summed E-state index contributed by atoms with van der Waals surface area (Å²) < 4.78 is 5.09. The number of ether oxygens (including phenoxy) is 1. The minimum Gasteiger partial charge on any atom is -0.464 e. The minimum absolute atomic E-state index is 0.0586. The standard InChI is InChI=1S/C18H32I2O2/c1-2-3-4-5-6-7-8-9-10-11-12-13-14-15-16-22-18(21)17(19)20/h5-6,17H,2-4,7-16H2,1H3/b6-5-. The summed E-state index contributed by atoms with van der Waals surface area (Å²) in [7, 11) is 0. The first-order valence-electron chi connectivity index (χ1n) is 8.78. The van der Waals surface area contributed by atoms with Crippen molar-refractivity contribution >= 4 is 51.2 Å². The molecule has 0 fully saturated rings. The summed E-state index contributed by atoms with van der Waals surface area (Å²) in [4.78, 5) is 11.2.